The molecule has 3 aromatic heterocycles. The van der Waals surface area contributed by atoms with Crippen LogP contribution in [0.1, 0.15) is 31.9 Å². The number of likely N-dealkylation sites (tertiary alicyclic amines) is 1. The molecular formula is C20H25N5O3. The van der Waals surface area contributed by atoms with Gasteiger partial charge in [-0.2, -0.15) is 0 Å². The second kappa shape index (κ2) is 8.33. The van der Waals surface area contributed by atoms with Crippen molar-refractivity contribution in [1.29, 1.82) is 0 Å². The molecule has 4 rings (SSSR count). The molecule has 0 radical (unpaired) electrons. The number of carbonyl (C=O) groups excluding carboxylic acids is 1. The molecule has 4 heterocycles. The first-order valence-electron chi connectivity index (χ1n) is 9.76. The molecule has 1 aliphatic heterocycles. The fraction of sp³-hybridized carbons (Fsp3) is 0.450. The van der Waals surface area contributed by atoms with Gasteiger partial charge in [0.1, 0.15) is 11.3 Å². The molecule has 0 aliphatic carbocycles. The van der Waals surface area contributed by atoms with Gasteiger partial charge in [0.05, 0.1) is 19.4 Å². The summed E-state index contributed by atoms with van der Waals surface area (Å²) in [6, 6.07) is 7.90. The summed E-state index contributed by atoms with van der Waals surface area (Å²) in [6.07, 6.45) is 5.95. The average Bonchev–Trinajstić information content (AvgIpc) is 3.26. The fourth-order valence-electron chi connectivity index (χ4n) is 3.60. The van der Waals surface area contributed by atoms with Crippen LogP contribution in [0, 0.1) is 0 Å². The number of anilines is 1. The molecule has 1 amide bonds. The quantitative estimate of drug-likeness (QED) is 0.726. The summed E-state index contributed by atoms with van der Waals surface area (Å²) in [5.74, 6) is 1.63. The number of nitrogens with zero attached hydrogens (tertiary/aromatic N) is 4. The van der Waals surface area contributed by atoms with Crippen molar-refractivity contribution in [2.75, 3.05) is 25.0 Å². The zero-order chi connectivity index (χ0) is 19.3. The molecule has 1 aliphatic rings. The minimum atomic E-state index is -0.225. The summed E-state index contributed by atoms with van der Waals surface area (Å²) in [5.41, 5.74) is 1.67. The second-order valence-electron chi connectivity index (χ2n) is 6.91. The molecule has 0 saturated carbocycles. The SMILES string of the molecule is CCOC(=O)N1CCCC(Nc2nc3cccnc3n2Cc2ccco2)CC1. The molecular weight excluding hydrogens is 358 g/mol. The van der Waals surface area contributed by atoms with Crippen LogP contribution >= 0.6 is 0 Å². The van der Waals surface area contributed by atoms with E-state index in [-0.39, 0.29) is 12.1 Å². The lowest BCUT2D eigenvalue weighted by Crippen LogP contribution is -2.33. The topological polar surface area (TPSA) is 85.4 Å². The summed E-state index contributed by atoms with van der Waals surface area (Å²) < 4.78 is 12.7. The predicted octanol–water partition coefficient (Wildman–Crippen LogP) is 3.50. The molecule has 1 fully saturated rings. The first-order chi connectivity index (χ1) is 13.7. The Morgan fingerprint density at radius 3 is 3.07 bits per heavy atom. The third-order valence-electron chi connectivity index (χ3n) is 4.99. The van der Waals surface area contributed by atoms with Crippen molar-refractivity contribution in [3.05, 3.63) is 42.5 Å². The van der Waals surface area contributed by atoms with Crippen molar-refractivity contribution in [2.45, 2.75) is 38.8 Å². The summed E-state index contributed by atoms with van der Waals surface area (Å²) >= 11 is 0. The van der Waals surface area contributed by atoms with E-state index in [2.05, 4.69) is 10.3 Å². The number of pyridine rings is 1. The van der Waals surface area contributed by atoms with E-state index in [0.29, 0.717) is 19.7 Å². The van der Waals surface area contributed by atoms with Crippen LogP contribution in [-0.4, -0.2) is 51.3 Å². The molecule has 0 spiro atoms. The van der Waals surface area contributed by atoms with Gasteiger partial charge in [-0.15, -0.1) is 0 Å². The van der Waals surface area contributed by atoms with Crippen LogP contribution in [0.15, 0.2) is 41.1 Å². The van der Waals surface area contributed by atoms with E-state index < -0.39 is 0 Å². The lowest BCUT2D eigenvalue weighted by Gasteiger charge is -2.20. The van der Waals surface area contributed by atoms with Crippen LogP contribution in [0.5, 0.6) is 0 Å². The van der Waals surface area contributed by atoms with E-state index in [1.54, 1.807) is 17.4 Å². The number of imidazole rings is 1. The van der Waals surface area contributed by atoms with E-state index in [9.17, 15) is 4.79 Å². The first-order valence-corrected chi connectivity index (χ1v) is 9.76. The molecule has 28 heavy (non-hydrogen) atoms. The molecule has 0 bridgehead atoms. The third-order valence-corrected chi connectivity index (χ3v) is 4.99. The smallest absolute Gasteiger partial charge is 0.409 e. The molecule has 0 aromatic carbocycles. The number of hydrogen-bond acceptors (Lipinski definition) is 6. The van der Waals surface area contributed by atoms with Gasteiger partial charge in [0.15, 0.2) is 5.65 Å². The molecule has 3 aromatic rings. The van der Waals surface area contributed by atoms with Gasteiger partial charge in [-0.1, -0.05) is 0 Å². The Kier molecular flexibility index (Phi) is 5.45. The van der Waals surface area contributed by atoms with E-state index >= 15 is 0 Å². The van der Waals surface area contributed by atoms with E-state index in [1.807, 2.05) is 35.8 Å². The summed E-state index contributed by atoms with van der Waals surface area (Å²) in [4.78, 5) is 23.0. The highest BCUT2D eigenvalue weighted by atomic mass is 16.6. The number of aromatic nitrogens is 3. The molecule has 8 heteroatoms. The molecule has 148 valence electrons. The maximum atomic E-state index is 12.0. The standard InChI is InChI=1S/C20H25N5O3/c1-2-27-20(26)24-11-4-6-15(9-12-24)22-19-23-17-8-3-10-21-18(17)25(19)14-16-7-5-13-28-16/h3,5,7-8,10,13,15H,2,4,6,9,11-12,14H2,1H3,(H,22,23). The maximum absolute atomic E-state index is 12.0. The Hall–Kier alpha value is -3.03. The van der Waals surface area contributed by atoms with Crippen molar-refractivity contribution in [3.63, 3.8) is 0 Å². The number of carbonyl (C=O) groups is 1. The Labute approximate surface area is 163 Å². The van der Waals surface area contributed by atoms with Gasteiger partial charge in [-0.3, -0.25) is 4.57 Å². The van der Waals surface area contributed by atoms with Crippen LogP contribution in [0.25, 0.3) is 11.2 Å². The second-order valence-corrected chi connectivity index (χ2v) is 6.91. The largest absolute Gasteiger partial charge is 0.467 e. The van der Waals surface area contributed by atoms with Gasteiger partial charge in [0.25, 0.3) is 0 Å². The van der Waals surface area contributed by atoms with E-state index in [1.165, 1.54) is 0 Å². The predicted molar refractivity (Wildman–Crippen MR) is 105 cm³/mol. The zero-order valence-electron chi connectivity index (χ0n) is 16.0. The highest BCUT2D eigenvalue weighted by Crippen LogP contribution is 2.23. The van der Waals surface area contributed by atoms with Crippen LogP contribution in [0.2, 0.25) is 0 Å². The Bertz CT molecular complexity index is 921. The number of furan rings is 1. The molecule has 1 saturated heterocycles. The zero-order valence-corrected chi connectivity index (χ0v) is 16.0. The number of fused-ring (bicyclic) bond motifs is 1. The maximum Gasteiger partial charge on any atom is 0.409 e. The minimum absolute atomic E-state index is 0.225. The van der Waals surface area contributed by atoms with Crippen molar-refractivity contribution >= 4 is 23.2 Å². The van der Waals surface area contributed by atoms with Crippen molar-refractivity contribution < 1.29 is 13.9 Å². The summed E-state index contributed by atoms with van der Waals surface area (Å²) in [7, 11) is 0. The molecule has 1 atom stereocenters. The number of rotatable bonds is 5. The normalized spacial score (nSPS) is 17.5. The summed E-state index contributed by atoms with van der Waals surface area (Å²) in [5, 5.41) is 3.57. The van der Waals surface area contributed by atoms with Crippen molar-refractivity contribution in [1.82, 2.24) is 19.4 Å². The van der Waals surface area contributed by atoms with Crippen molar-refractivity contribution in [2.24, 2.45) is 0 Å². The molecule has 8 nitrogen and oxygen atoms in total. The number of hydrogen-bond donors (Lipinski definition) is 1. The van der Waals surface area contributed by atoms with Crippen LogP contribution in [-0.2, 0) is 11.3 Å². The van der Waals surface area contributed by atoms with Gasteiger partial charge in [-0.25, -0.2) is 14.8 Å². The molecule has 1 N–H and O–H groups in total. The van der Waals surface area contributed by atoms with Crippen LogP contribution in [0.4, 0.5) is 10.7 Å². The van der Waals surface area contributed by atoms with E-state index in [0.717, 1.165) is 48.7 Å². The van der Waals surface area contributed by atoms with Crippen LogP contribution < -0.4 is 5.32 Å². The number of nitrogens with one attached hydrogen (secondary N) is 1. The highest BCUT2D eigenvalue weighted by molar-refractivity contribution is 5.74. The summed E-state index contributed by atoms with van der Waals surface area (Å²) in [6.45, 7) is 4.19. The monoisotopic (exact) mass is 383 g/mol. The number of ether oxygens (including phenoxy) is 1. The van der Waals surface area contributed by atoms with Crippen molar-refractivity contribution in [3.8, 4) is 0 Å². The lowest BCUT2D eigenvalue weighted by molar-refractivity contribution is 0.108. The van der Waals surface area contributed by atoms with Gasteiger partial charge >= 0.3 is 6.09 Å². The average molecular weight is 383 g/mol. The Balaban J connectivity index is 1.52. The van der Waals surface area contributed by atoms with Gasteiger partial charge < -0.3 is 19.4 Å². The highest BCUT2D eigenvalue weighted by Gasteiger charge is 2.23. The minimum Gasteiger partial charge on any atom is -0.467 e. The van der Waals surface area contributed by atoms with Gasteiger partial charge in [0, 0.05) is 25.3 Å². The number of amides is 1. The van der Waals surface area contributed by atoms with E-state index in [4.69, 9.17) is 14.1 Å². The molecule has 1 unspecified atom stereocenters. The Morgan fingerprint density at radius 1 is 1.32 bits per heavy atom. The fourth-order valence-corrected chi connectivity index (χ4v) is 3.60. The lowest BCUT2D eigenvalue weighted by atomic mass is 10.1. The van der Waals surface area contributed by atoms with Gasteiger partial charge in [0.2, 0.25) is 5.95 Å². The Morgan fingerprint density at radius 2 is 2.25 bits per heavy atom. The van der Waals surface area contributed by atoms with Gasteiger partial charge in [-0.05, 0) is 50.5 Å². The first kappa shape index (κ1) is 18.3. The van der Waals surface area contributed by atoms with Crippen LogP contribution in [0.3, 0.4) is 0 Å². The third kappa shape index (κ3) is 3.95.